The first kappa shape index (κ1) is 20.1. The second kappa shape index (κ2) is 9.36. The fourth-order valence-corrected chi connectivity index (χ4v) is 2.45. The van der Waals surface area contributed by atoms with E-state index in [0.29, 0.717) is 11.1 Å². The SMILES string of the molecule is CCS(=O)(=O)NCc1ccc(C(=O)N(CCOC)CC(=O)O)cc1. The van der Waals surface area contributed by atoms with Gasteiger partial charge in [0, 0.05) is 25.8 Å². The van der Waals surface area contributed by atoms with E-state index < -0.39 is 28.4 Å². The number of sulfonamides is 1. The van der Waals surface area contributed by atoms with Crippen LogP contribution >= 0.6 is 0 Å². The zero-order chi connectivity index (χ0) is 18.2. The molecule has 8 nitrogen and oxygen atoms in total. The Labute approximate surface area is 141 Å². The summed E-state index contributed by atoms with van der Waals surface area (Å²) < 4.78 is 30.1. The number of amides is 1. The molecule has 24 heavy (non-hydrogen) atoms. The fourth-order valence-electron chi connectivity index (χ4n) is 1.86. The summed E-state index contributed by atoms with van der Waals surface area (Å²) in [4.78, 5) is 24.4. The Morgan fingerprint density at radius 2 is 1.88 bits per heavy atom. The smallest absolute Gasteiger partial charge is 0.323 e. The van der Waals surface area contributed by atoms with Crippen molar-refractivity contribution in [2.45, 2.75) is 13.5 Å². The molecular weight excluding hydrogens is 336 g/mol. The molecule has 0 aliphatic rings. The van der Waals surface area contributed by atoms with Crippen molar-refractivity contribution in [2.24, 2.45) is 0 Å². The van der Waals surface area contributed by atoms with Gasteiger partial charge in [-0.3, -0.25) is 9.59 Å². The van der Waals surface area contributed by atoms with Gasteiger partial charge >= 0.3 is 5.97 Å². The molecule has 0 heterocycles. The van der Waals surface area contributed by atoms with Crippen molar-refractivity contribution in [3.63, 3.8) is 0 Å². The van der Waals surface area contributed by atoms with Crippen LogP contribution in [0.3, 0.4) is 0 Å². The lowest BCUT2D eigenvalue weighted by Crippen LogP contribution is -2.38. The van der Waals surface area contributed by atoms with E-state index in [1.54, 1.807) is 31.2 Å². The predicted molar refractivity (Wildman–Crippen MR) is 88.2 cm³/mol. The number of nitrogens with zero attached hydrogens (tertiary/aromatic N) is 1. The lowest BCUT2D eigenvalue weighted by Gasteiger charge is -2.20. The Bertz CT molecular complexity index is 657. The molecule has 0 fully saturated rings. The van der Waals surface area contributed by atoms with Gasteiger partial charge in [0.15, 0.2) is 0 Å². The predicted octanol–water partition coefficient (Wildman–Crippen LogP) is 0.299. The van der Waals surface area contributed by atoms with Crippen LogP contribution in [-0.2, 0) is 26.1 Å². The quantitative estimate of drug-likeness (QED) is 0.622. The zero-order valence-corrected chi connectivity index (χ0v) is 14.5. The van der Waals surface area contributed by atoms with E-state index in [9.17, 15) is 18.0 Å². The molecule has 9 heteroatoms. The summed E-state index contributed by atoms with van der Waals surface area (Å²) in [6.07, 6.45) is 0. The van der Waals surface area contributed by atoms with Gasteiger partial charge in [0.1, 0.15) is 6.54 Å². The molecule has 0 saturated heterocycles. The average Bonchev–Trinajstić information content (AvgIpc) is 2.56. The van der Waals surface area contributed by atoms with Crippen molar-refractivity contribution in [2.75, 3.05) is 32.6 Å². The van der Waals surface area contributed by atoms with Crippen LogP contribution in [0.2, 0.25) is 0 Å². The largest absolute Gasteiger partial charge is 0.480 e. The number of carboxylic acids is 1. The maximum atomic E-state index is 12.4. The highest BCUT2D eigenvalue weighted by molar-refractivity contribution is 7.89. The maximum absolute atomic E-state index is 12.4. The Hall–Kier alpha value is -1.97. The van der Waals surface area contributed by atoms with E-state index in [1.165, 1.54) is 12.0 Å². The third kappa shape index (κ3) is 6.65. The molecule has 0 unspecified atom stereocenters. The van der Waals surface area contributed by atoms with Crippen LogP contribution in [0.15, 0.2) is 24.3 Å². The Morgan fingerprint density at radius 1 is 1.25 bits per heavy atom. The monoisotopic (exact) mass is 358 g/mol. The van der Waals surface area contributed by atoms with Crippen LogP contribution in [0, 0.1) is 0 Å². The van der Waals surface area contributed by atoms with Crippen LogP contribution in [0.4, 0.5) is 0 Å². The molecule has 0 aliphatic carbocycles. The number of carboxylic acid groups (broad SMARTS) is 1. The standard InChI is InChI=1S/C15H22N2O6S/c1-3-24(21,22)16-10-12-4-6-13(7-5-12)15(20)17(8-9-23-2)11-14(18)19/h4-7,16H,3,8-11H2,1-2H3,(H,18,19). The van der Waals surface area contributed by atoms with Crippen molar-refractivity contribution < 1.29 is 27.9 Å². The minimum Gasteiger partial charge on any atom is -0.480 e. The third-order valence-electron chi connectivity index (χ3n) is 3.26. The van der Waals surface area contributed by atoms with Crippen molar-refractivity contribution in [3.8, 4) is 0 Å². The first-order valence-corrected chi connectivity index (χ1v) is 9.00. The molecule has 0 saturated carbocycles. The number of benzene rings is 1. The Balaban J connectivity index is 2.78. The summed E-state index contributed by atoms with van der Waals surface area (Å²) in [5.41, 5.74) is 1.03. The van der Waals surface area contributed by atoms with Crippen molar-refractivity contribution in [1.82, 2.24) is 9.62 Å². The number of hydrogen-bond acceptors (Lipinski definition) is 5. The summed E-state index contributed by atoms with van der Waals surface area (Å²) in [5.74, 6) is -1.53. The van der Waals surface area contributed by atoms with E-state index in [4.69, 9.17) is 9.84 Å². The van der Waals surface area contributed by atoms with Crippen LogP contribution in [0.5, 0.6) is 0 Å². The van der Waals surface area contributed by atoms with Gasteiger partial charge < -0.3 is 14.7 Å². The molecule has 134 valence electrons. The first-order chi connectivity index (χ1) is 11.3. The molecule has 0 bridgehead atoms. The molecule has 1 aromatic carbocycles. The number of ether oxygens (including phenoxy) is 1. The maximum Gasteiger partial charge on any atom is 0.323 e. The molecule has 0 aliphatic heterocycles. The minimum absolute atomic E-state index is 0.00673. The highest BCUT2D eigenvalue weighted by Crippen LogP contribution is 2.08. The fraction of sp³-hybridized carbons (Fsp3) is 0.467. The number of hydrogen-bond donors (Lipinski definition) is 2. The lowest BCUT2D eigenvalue weighted by atomic mass is 10.1. The molecular formula is C15H22N2O6S. The second-order valence-electron chi connectivity index (χ2n) is 5.03. The molecule has 1 amide bonds. The summed E-state index contributed by atoms with van der Waals surface area (Å²) in [6.45, 7) is 1.66. The zero-order valence-electron chi connectivity index (χ0n) is 13.7. The molecule has 1 rings (SSSR count). The molecule has 0 radical (unpaired) electrons. The normalized spacial score (nSPS) is 11.2. The molecule has 0 atom stereocenters. The summed E-state index contributed by atoms with van der Waals surface area (Å²) in [7, 11) is -1.82. The van der Waals surface area contributed by atoms with Crippen LogP contribution in [0.1, 0.15) is 22.8 Å². The van der Waals surface area contributed by atoms with E-state index in [-0.39, 0.29) is 25.4 Å². The van der Waals surface area contributed by atoms with Gasteiger partial charge in [-0.05, 0) is 24.6 Å². The summed E-state index contributed by atoms with van der Waals surface area (Å²) in [6, 6.07) is 6.33. The number of carbonyl (C=O) groups is 2. The molecule has 2 N–H and O–H groups in total. The van der Waals surface area contributed by atoms with Gasteiger partial charge in [0.25, 0.3) is 5.91 Å². The number of aliphatic carboxylic acids is 1. The first-order valence-electron chi connectivity index (χ1n) is 7.35. The third-order valence-corrected chi connectivity index (χ3v) is 4.60. The van der Waals surface area contributed by atoms with Crippen LogP contribution in [0.25, 0.3) is 0 Å². The summed E-state index contributed by atoms with van der Waals surface area (Å²) in [5, 5.41) is 8.89. The van der Waals surface area contributed by atoms with Crippen LogP contribution in [-0.4, -0.2) is 62.9 Å². The Morgan fingerprint density at radius 3 is 2.38 bits per heavy atom. The van der Waals surface area contributed by atoms with Gasteiger partial charge in [-0.2, -0.15) is 0 Å². The molecule has 1 aromatic rings. The van der Waals surface area contributed by atoms with E-state index >= 15 is 0 Å². The molecule has 0 aromatic heterocycles. The van der Waals surface area contributed by atoms with Gasteiger partial charge in [0.05, 0.1) is 12.4 Å². The topological polar surface area (TPSA) is 113 Å². The van der Waals surface area contributed by atoms with Gasteiger partial charge in [-0.25, -0.2) is 13.1 Å². The number of carbonyl (C=O) groups excluding carboxylic acids is 1. The van der Waals surface area contributed by atoms with Crippen molar-refractivity contribution in [3.05, 3.63) is 35.4 Å². The van der Waals surface area contributed by atoms with Crippen molar-refractivity contribution in [1.29, 1.82) is 0 Å². The minimum atomic E-state index is -3.29. The van der Waals surface area contributed by atoms with Crippen LogP contribution < -0.4 is 4.72 Å². The van der Waals surface area contributed by atoms with Gasteiger partial charge in [-0.1, -0.05) is 12.1 Å². The van der Waals surface area contributed by atoms with E-state index in [0.717, 1.165) is 0 Å². The second-order valence-corrected chi connectivity index (χ2v) is 7.13. The Kier molecular flexibility index (Phi) is 7.83. The van der Waals surface area contributed by atoms with Crippen molar-refractivity contribution >= 4 is 21.9 Å². The highest BCUT2D eigenvalue weighted by Gasteiger charge is 2.18. The van der Waals surface area contributed by atoms with Gasteiger partial charge in [-0.15, -0.1) is 0 Å². The number of nitrogens with one attached hydrogen (secondary N) is 1. The lowest BCUT2D eigenvalue weighted by molar-refractivity contribution is -0.137. The summed E-state index contributed by atoms with van der Waals surface area (Å²) >= 11 is 0. The number of methoxy groups -OCH3 is 1. The van der Waals surface area contributed by atoms with E-state index in [1.807, 2.05) is 0 Å². The molecule has 0 spiro atoms. The average molecular weight is 358 g/mol. The van der Waals surface area contributed by atoms with Gasteiger partial charge in [0.2, 0.25) is 10.0 Å². The van der Waals surface area contributed by atoms with E-state index in [2.05, 4.69) is 4.72 Å². The number of rotatable bonds is 10. The highest BCUT2D eigenvalue weighted by atomic mass is 32.2.